The molecule has 1 aliphatic rings. The van der Waals surface area contributed by atoms with E-state index in [4.69, 9.17) is 0 Å². The predicted octanol–water partition coefficient (Wildman–Crippen LogP) is 3.67. The number of amides is 1. The van der Waals surface area contributed by atoms with Crippen molar-refractivity contribution in [1.29, 1.82) is 0 Å². The van der Waals surface area contributed by atoms with E-state index in [2.05, 4.69) is 38.7 Å². The molecule has 21 heavy (non-hydrogen) atoms. The van der Waals surface area contributed by atoms with Crippen molar-refractivity contribution < 1.29 is 4.79 Å². The fourth-order valence-electron chi connectivity index (χ4n) is 3.05. The Morgan fingerprint density at radius 1 is 1.38 bits per heavy atom. The predicted molar refractivity (Wildman–Crippen MR) is 90.1 cm³/mol. The quantitative estimate of drug-likeness (QED) is 0.806. The number of carbonyl (C=O) groups excluding carboxylic acids is 1. The fraction of sp³-hybridized carbons (Fsp3) is 0.588. The second kappa shape index (κ2) is 7.95. The van der Waals surface area contributed by atoms with Crippen LogP contribution < -0.4 is 0 Å². The highest BCUT2D eigenvalue weighted by Gasteiger charge is 2.25. The molecule has 0 aliphatic carbocycles. The molecule has 4 heteroatoms. The summed E-state index contributed by atoms with van der Waals surface area (Å²) in [6, 6.07) is 8.64. The molecule has 0 saturated carbocycles. The third kappa shape index (κ3) is 4.55. The summed E-state index contributed by atoms with van der Waals surface area (Å²) in [5, 5.41) is 0. The molecule has 116 valence electrons. The monoisotopic (exact) mass is 352 g/mol. The maximum atomic E-state index is 12.5. The smallest absolute Gasteiger partial charge is 0.236 e. The number of hydrogen-bond donors (Lipinski definition) is 0. The summed E-state index contributed by atoms with van der Waals surface area (Å²) in [5.41, 5.74) is 1.22. The van der Waals surface area contributed by atoms with Crippen LogP contribution in [0.3, 0.4) is 0 Å². The van der Waals surface area contributed by atoms with Crippen molar-refractivity contribution in [3.63, 3.8) is 0 Å². The summed E-state index contributed by atoms with van der Waals surface area (Å²) < 4.78 is 1.11. The van der Waals surface area contributed by atoms with E-state index in [0.717, 1.165) is 36.8 Å². The molecule has 0 aromatic heterocycles. The molecule has 1 heterocycles. The van der Waals surface area contributed by atoms with Crippen LogP contribution in [0.5, 0.6) is 0 Å². The van der Waals surface area contributed by atoms with E-state index in [9.17, 15) is 4.79 Å². The Balaban J connectivity index is 1.91. The number of hydrogen-bond acceptors (Lipinski definition) is 2. The van der Waals surface area contributed by atoms with Crippen molar-refractivity contribution >= 4 is 21.8 Å². The molecule has 1 fully saturated rings. The molecule has 1 saturated heterocycles. The topological polar surface area (TPSA) is 23.6 Å². The first-order valence-corrected chi connectivity index (χ1v) is 8.62. The lowest BCUT2D eigenvalue weighted by molar-refractivity contribution is -0.136. The van der Waals surface area contributed by atoms with Crippen molar-refractivity contribution in [2.75, 3.05) is 20.1 Å². The first-order chi connectivity index (χ1) is 10.1. The SMILES string of the molecule is CCC1CCCCN1C(=O)CN(C)Cc1ccccc1Br. The molecule has 1 unspecified atom stereocenters. The Labute approximate surface area is 136 Å². The summed E-state index contributed by atoms with van der Waals surface area (Å²) in [7, 11) is 2.02. The molecule has 0 bridgehead atoms. The highest BCUT2D eigenvalue weighted by molar-refractivity contribution is 9.10. The molecule has 0 radical (unpaired) electrons. The Bertz CT molecular complexity index is 478. The van der Waals surface area contributed by atoms with Gasteiger partial charge in [0.25, 0.3) is 0 Å². The van der Waals surface area contributed by atoms with Gasteiger partial charge in [-0.05, 0) is 44.4 Å². The average molecular weight is 353 g/mol. The zero-order valence-electron chi connectivity index (χ0n) is 13.0. The summed E-state index contributed by atoms with van der Waals surface area (Å²) in [6.45, 7) is 4.40. The number of piperidine rings is 1. The first kappa shape index (κ1) is 16.5. The third-order valence-corrected chi connectivity index (χ3v) is 5.00. The Kier molecular flexibility index (Phi) is 6.24. The zero-order chi connectivity index (χ0) is 15.2. The largest absolute Gasteiger partial charge is 0.339 e. The van der Waals surface area contributed by atoms with Crippen molar-refractivity contribution in [3.05, 3.63) is 34.3 Å². The van der Waals surface area contributed by atoms with Gasteiger partial charge in [-0.25, -0.2) is 0 Å². The van der Waals surface area contributed by atoms with Crippen LogP contribution >= 0.6 is 15.9 Å². The number of likely N-dealkylation sites (tertiary alicyclic amines) is 1. The van der Waals surface area contributed by atoms with Gasteiger partial charge < -0.3 is 4.90 Å². The number of benzene rings is 1. The maximum Gasteiger partial charge on any atom is 0.236 e. The zero-order valence-corrected chi connectivity index (χ0v) is 14.6. The van der Waals surface area contributed by atoms with E-state index in [1.807, 2.05) is 25.2 Å². The Morgan fingerprint density at radius 2 is 2.14 bits per heavy atom. The lowest BCUT2D eigenvalue weighted by Crippen LogP contribution is -2.47. The molecule has 1 atom stereocenters. The van der Waals surface area contributed by atoms with Gasteiger partial charge in [0.1, 0.15) is 0 Å². The molecule has 1 aromatic rings. The summed E-state index contributed by atoms with van der Waals surface area (Å²) in [6.07, 6.45) is 4.64. The van der Waals surface area contributed by atoms with Crippen LogP contribution in [0.2, 0.25) is 0 Å². The summed E-state index contributed by atoms with van der Waals surface area (Å²) >= 11 is 3.57. The van der Waals surface area contributed by atoms with E-state index in [1.54, 1.807) is 0 Å². The van der Waals surface area contributed by atoms with Crippen LogP contribution in [0.4, 0.5) is 0 Å². The molecule has 1 aromatic carbocycles. The normalized spacial score (nSPS) is 19.0. The summed E-state index contributed by atoms with van der Waals surface area (Å²) in [5.74, 6) is 0.274. The third-order valence-electron chi connectivity index (χ3n) is 4.22. The van der Waals surface area contributed by atoms with Crippen LogP contribution in [-0.4, -0.2) is 41.9 Å². The van der Waals surface area contributed by atoms with Gasteiger partial charge in [0.2, 0.25) is 5.91 Å². The van der Waals surface area contributed by atoms with Gasteiger partial charge in [-0.15, -0.1) is 0 Å². The first-order valence-electron chi connectivity index (χ1n) is 7.83. The van der Waals surface area contributed by atoms with E-state index in [-0.39, 0.29) is 5.91 Å². The molecule has 0 N–H and O–H groups in total. The minimum absolute atomic E-state index is 0.274. The highest BCUT2D eigenvalue weighted by atomic mass is 79.9. The van der Waals surface area contributed by atoms with Gasteiger partial charge >= 0.3 is 0 Å². The lowest BCUT2D eigenvalue weighted by atomic mass is 10.00. The number of halogens is 1. The summed E-state index contributed by atoms with van der Waals surface area (Å²) in [4.78, 5) is 16.7. The molecule has 2 rings (SSSR count). The second-order valence-corrected chi connectivity index (χ2v) is 6.76. The van der Waals surface area contributed by atoms with Gasteiger partial charge in [0.15, 0.2) is 0 Å². The maximum absolute atomic E-state index is 12.5. The van der Waals surface area contributed by atoms with Crippen LogP contribution in [-0.2, 0) is 11.3 Å². The van der Waals surface area contributed by atoms with Crippen LogP contribution in [0.15, 0.2) is 28.7 Å². The standard InChI is InChI=1S/C17H25BrN2O/c1-3-15-9-6-7-11-20(15)17(21)13-19(2)12-14-8-4-5-10-16(14)18/h4-5,8,10,15H,3,6-7,9,11-13H2,1-2H3. The lowest BCUT2D eigenvalue weighted by Gasteiger charge is -2.36. The number of nitrogens with zero attached hydrogens (tertiary/aromatic N) is 2. The molecule has 3 nitrogen and oxygen atoms in total. The van der Waals surface area contributed by atoms with Crippen molar-refractivity contribution in [2.45, 2.75) is 45.2 Å². The fourth-order valence-corrected chi connectivity index (χ4v) is 3.46. The van der Waals surface area contributed by atoms with Gasteiger partial charge in [0, 0.05) is 23.6 Å². The van der Waals surface area contributed by atoms with Gasteiger partial charge in [0.05, 0.1) is 6.54 Å². The average Bonchev–Trinajstić information content (AvgIpc) is 2.49. The molecule has 0 spiro atoms. The van der Waals surface area contributed by atoms with Gasteiger partial charge in [-0.3, -0.25) is 9.69 Å². The van der Waals surface area contributed by atoms with Crippen molar-refractivity contribution in [3.8, 4) is 0 Å². The van der Waals surface area contributed by atoms with E-state index in [1.165, 1.54) is 12.0 Å². The number of carbonyl (C=O) groups is 1. The molecule has 1 aliphatic heterocycles. The second-order valence-electron chi connectivity index (χ2n) is 5.91. The van der Waals surface area contributed by atoms with Crippen LogP contribution in [0, 0.1) is 0 Å². The minimum atomic E-state index is 0.274. The van der Waals surface area contributed by atoms with Gasteiger partial charge in [-0.1, -0.05) is 41.1 Å². The Hall–Kier alpha value is -0.870. The highest BCUT2D eigenvalue weighted by Crippen LogP contribution is 2.20. The Morgan fingerprint density at radius 3 is 2.86 bits per heavy atom. The van der Waals surface area contributed by atoms with E-state index >= 15 is 0 Å². The number of rotatable bonds is 5. The van der Waals surface area contributed by atoms with E-state index < -0.39 is 0 Å². The van der Waals surface area contributed by atoms with Crippen LogP contribution in [0.25, 0.3) is 0 Å². The molecular weight excluding hydrogens is 328 g/mol. The van der Waals surface area contributed by atoms with E-state index in [0.29, 0.717) is 12.6 Å². The van der Waals surface area contributed by atoms with Crippen molar-refractivity contribution in [2.24, 2.45) is 0 Å². The van der Waals surface area contributed by atoms with Crippen LogP contribution in [0.1, 0.15) is 38.2 Å². The van der Waals surface area contributed by atoms with Gasteiger partial charge in [-0.2, -0.15) is 0 Å². The molecular formula is C17H25BrN2O. The van der Waals surface area contributed by atoms with Crippen molar-refractivity contribution in [1.82, 2.24) is 9.80 Å². The number of likely N-dealkylation sites (N-methyl/N-ethyl adjacent to an activating group) is 1. The molecule has 1 amide bonds. The minimum Gasteiger partial charge on any atom is -0.339 e.